The van der Waals surface area contributed by atoms with Gasteiger partial charge in [0.25, 0.3) is 0 Å². The molecule has 0 bridgehead atoms. The molecule has 1 aliphatic heterocycles. The van der Waals surface area contributed by atoms with E-state index in [0.29, 0.717) is 13.1 Å². The number of aromatic nitrogens is 1. The van der Waals surface area contributed by atoms with Crippen molar-refractivity contribution in [2.45, 2.75) is 6.18 Å². The van der Waals surface area contributed by atoms with E-state index in [0.717, 1.165) is 18.3 Å². The lowest BCUT2D eigenvalue weighted by Gasteiger charge is -2.36. The Hall–Kier alpha value is -1.77. The Kier molecular flexibility index (Phi) is 2.46. The molecule has 1 saturated heterocycles. The lowest BCUT2D eigenvalue weighted by atomic mass is 10.0. The summed E-state index contributed by atoms with van der Waals surface area (Å²) >= 11 is 0. The number of hydrogen-bond donors (Lipinski definition) is 0. The molecule has 0 N–H and O–H groups in total. The van der Waals surface area contributed by atoms with Gasteiger partial charge in [-0.15, -0.1) is 0 Å². The third-order valence-corrected chi connectivity index (χ3v) is 2.46. The third kappa shape index (κ3) is 1.94. The van der Waals surface area contributed by atoms with E-state index in [1.165, 1.54) is 0 Å². The SMILES string of the molecule is N#CC1CN(c2cc(C(F)(F)F)ccn2)C1. The number of halogens is 3. The van der Waals surface area contributed by atoms with E-state index < -0.39 is 11.7 Å². The van der Waals surface area contributed by atoms with Gasteiger partial charge < -0.3 is 4.90 Å². The Morgan fingerprint density at radius 3 is 2.69 bits per heavy atom. The number of nitrogens with zero attached hydrogens (tertiary/aromatic N) is 3. The van der Waals surface area contributed by atoms with Crippen molar-refractivity contribution in [1.29, 1.82) is 5.26 Å². The first-order chi connectivity index (χ1) is 7.50. The van der Waals surface area contributed by atoms with Gasteiger partial charge in [0.2, 0.25) is 0 Å². The predicted octanol–water partition coefficient (Wildman–Crippen LogP) is 2.06. The number of alkyl halides is 3. The van der Waals surface area contributed by atoms with Crippen LogP contribution in [0.3, 0.4) is 0 Å². The van der Waals surface area contributed by atoms with Crippen LogP contribution in [0.5, 0.6) is 0 Å². The second-order valence-electron chi connectivity index (χ2n) is 3.63. The average Bonchev–Trinajstić information content (AvgIpc) is 2.15. The Balaban J connectivity index is 2.16. The van der Waals surface area contributed by atoms with Gasteiger partial charge in [0.05, 0.1) is 17.6 Å². The van der Waals surface area contributed by atoms with Crippen LogP contribution in [0.4, 0.5) is 19.0 Å². The highest BCUT2D eigenvalue weighted by atomic mass is 19.4. The largest absolute Gasteiger partial charge is 0.416 e. The Labute approximate surface area is 90.1 Å². The van der Waals surface area contributed by atoms with Crippen molar-refractivity contribution in [3.05, 3.63) is 23.9 Å². The number of hydrogen-bond acceptors (Lipinski definition) is 3. The first kappa shape index (κ1) is 10.7. The molecule has 1 aliphatic rings. The van der Waals surface area contributed by atoms with Gasteiger partial charge in [-0.3, -0.25) is 0 Å². The molecule has 2 heterocycles. The van der Waals surface area contributed by atoms with Crippen LogP contribution in [-0.2, 0) is 6.18 Å². The highest BCUT2D eigenvalue weighted by Crippen LogP contribution is 2.32. The third-order valence-electron chi connectivity index (χ3n) is 2.46. The van der Waals surface area contributed by atoms with E-state index in [4.69, 9.17) is 5.26 Å². The van der Waals surface area contributed by atoms with E-state index in [-0.39, 0.29) is 11.7 Å². The van der Waals surface area contributed by atoms with Gasteiger partial charge in [0, 0.05) is 19.3 Å². The minimum atomic E-state index is -4.35. The van der Waals surface area contributed by atoms with Crippen LogP contribution in [-0.4, -0.2) is 18.1 Å². The number of rotatable bonds is 1. The standard InChI is InChI=1S/C10H8F3N3/c11-10(12,13)8-1-2-15-9(3-8)16-5-7(4-14)6-16/h1-3,7H,5-6H2. The smallest absolute Gasteiger partial charge is 0.354 e. The van der Waals surface area contributed by atoms with E-state index in [1.54, 1.807) is 4.90 Å². The molecule has 1 aromatic heterocycles. The van der Waals surface area contributed by atoms with E-state index in [1.807, 2.05) is 0 Å². The fraction of sp³-hybridized carbons (Fsp3) is 0.400. The van der Waals surface area contributed by atoms with Gasteiger partial charge in [-0.1, -0.05) is 0 Å². The monoisotopic (exact) mass is 227 g/mol. The molecule has 0 amide bonds. The van der Waals surface area contributed by atoms with Gasteiger partial charge >= 0.3 is 6.18 Å². The van der Waals surface area contributed by atoms with Gasteiger partial charge in [-0.2, -0.15) is 18.4 Å². The zero-order valence-corrected chi connectivity index (χ0v) is 8.20. The molecule has 1 fully saturated rings. The van der Waals surface area contributed by atoms with Crippen LogP contribution in [0.15, 0.2) is 18.3 Å². The number of nitriles is 1. The number of pyridine rings is 1. The van der Waals surface area contributed by atoms with Crippen molar-refractivity contribution in [3.8, 4) is 6.07 Å². The quantitative estimate of drug-likeness (QED) is 0.737. The van der Waals surface area contributed by atoms with E-state index >= 15 is 0 Å². The molecule has 0 spiro atoms. The summed E-state index contributed by atoms with van der Waals surface area (Å²) in [6, 6.07) is 4.00. The van der Waals surface area contributed by atoms with Crippen molar-refractivity contribution in [1.82, 2.24) is 4.98 Å². The molecule has 1 aromatic rings. The summed E-state index contributed by atoms with van der Waals surface area (Å²) in [5.74, 6) is 0.178. The summed E-state index contributed by atoms with van der Waals surface area (Å²) in [4.78, 5) is 5.52. The number of anilines is 1. The summed E-state index contributed by atoms with van der Waals surface area (Å²) in [5, 5.41) is 8.56. The minimum Gasteiger partial charge on any atom is -0.354 e. The molecule has 2 rings (SSSR count). The van der Waals surface area contributed by atoms with Gasteiger partial charge in [-0.05, 0) is 12.1 Å². The summed E-state index contributed by atoms with van der Waals surface area (Å²) in [6.45, 7) is 0.898. The summed E-state index contributed by atoms with van der Waals surface area (Å²) in [6.07, 6.45) is -3.21. The zero-order valence-electron chi connectivity index (χ0n) is 8.20. The van der Waals surface area contributed by atoms with Crippen LogP contribution in [0.25, 0.3) is 0 Å². The molecular formula is C10H8F3N3. The Morgan fingerprint density at radius 2 is 2.12 bits per heavy atom. The van der Waals surface area contributed by atoms with Crippen LogP contribution >= 0.6 is 0 Å². The van der Waals surface area contributed by atoms with Crippen molar-refractivity contribution in [2.24, 2.45) is 5.92 Å². The van der Waals surface area contributed by atoms with Crippen LogP contribution in [0.1, 0.15) is 5.56 Å². The summed E-state index contributed by atoms with van der Waals surface area (Å²) in [5.41, 5.74) is -0.710. The van der Waals surface area contributed by atoms with Crippen molar-refractivity contribution in [2.75, 3.05) is 18.0 Å². The lowest BCUT2D eigenvalue weighted by Crippen LogP contribution is -2.46. The molecule has 0 unspecified atom stereocenters. The molecule has 16 heavy (non-hydrogen) atoms. The molecule has 0 aromatic carbocycles. The minimum absolute atomic E-state index is 0.101. The second-order valence-corrected chi connectivity index (χ2v) is 3.63. The van der Waals surface area contributed by atoms with Gasteiger partial charge in [-0.25, -0.2) is 4.98 Å². The fourth-order valence-corrected chi connectivity index (χ4v) is 1.51. The molecule has 6 heteroatoms. The highest BCUT2D eigenvalue weighted by Gasteiger charge is 2.33. The lowest BCUT2D eigenvalue weighted by molar-refractivity contribution is -0.137. The topological polar surface area (TPSA) is 39.9 Å². The van der Waals surface area contributed by atoms with Crippen molar-refractivity contribution in [3.63, 3.8) is 0 Å². The molecular weight excluding hydrogens is 219 g/mol. The maximum Gasteiger partial charge on any atom is 0.416 e. The van der Waals surface area contributed by atoms with Crippen molar-refractivity contribution >= 4 is 5.82 Å². The Morgan fingerprint density at radius 1 is 1.44 bits per heavy atom. The average molecular weight is 227 g/mol. The highest BCUT2D eigenvalue weighted by molar-refractivity contribution is 5.45. The predicted molar refractivity (Wildman–Crippen MR) is 50.6 cm³/mol. The molecule has 0 aliphatic carbocycles. The van der Waals surface area contributed by atoms with E-state index in [2.05, 4.69) is 11.1 Å². The van der Waals surface area contributed by atoms with Gasteiger partial charge in [0.15, 0.2) is 0 Å². The molecule has 0 saturated carbocycles. The van der Waals surface area contributed by atoms with Gasteiger partial charge in [0.1, 0.15) is 5.82 Å². The van der Waals surface area contributed by atoms with Crippen LogP contribution in [0.2, 0.25) is 0 Å². The normalized spacial score (nSPS) is 16.8. The maximum atomic E-state index is 12.4. The first-order valence-corrected chi connectivity index (χ1v) is 4.68. The maximum absolute atomic E-state index is 12.4. The fourth-order valence-electron chi connectivity index (χ4n) is 1.51. The van der Waals surface area contributed by atoms with Crippen molar-refractivity contribution < 1.29 is 13.2 Å². The molecule has 0 atom stereocenters. The Bertz CT molecular complexity index is 430. The van der Waals surface area contributed by atoms with Crippen LogP contribution in [0, 0.1) is 17.2 Å². The molecule has 84 valence electrons. The second kappa shape index (κ2) is 3.67. The summed E-state index contributed by atoms with van der Waals surface area (Å²) in [7, 11) is 0. The molecule has 3 nitrogen and oxygen atoms in total. The first-order valence-electron chi connectivity index (χ1n) is 4.68. The van der Waals surface area contributed by atoms with E-state index in [9.17, 15) is 13.2 Å². The zero-order chi connectivity index (χ0) is 11.8. The van der Waals surface area contributed by atoms with Crippen LogP contribution < -0.4 is 4.90 Å². The summed E-state index contributed by atoms with van der Waals surface area (Å²) < 4.78 is 37.2. The molecule has 0 radical (unpaired) electrons.